The molecule has 2 aromatic rings. The molecule has 0 saturated heterocycles. The Hall–Kier alpha value is -2.39. The number of hydrogen-bond donors (Lipinski definition) is 0. The van der Waals surface area contributed by atoms with Gasteiger partial charge in [-0.05, 0) is 31.2 Å². The Labute approximate surface area is 123 Å². The predicted molar refractivity (Wildman–Crippen MR) is 76.8 cm³/mol. The summed E-state index contributed by atoms with van der Waals surface area (Å²) in [6.07, 6.45) is 0. The van der Waals surface area contributed by atoms with Crippen LogP contribution in [0.5, 0.6) is 11.5 Å². The molecule has 0 radical (unpaired) electrons. The van der Waals surface area contributed by atoms with E-state index in [0.29, 0.717) is 22.6 Å². The van der Waals surface area contributed by atoms with E-state index in [0.717, 1.165) is 4.47 Å². The lowest BCUT2D eigenvalue weighted by atomic mass is 10.1. The van der Waals surface area contributed by atoms with Crippen LogP contribution in [0.25, 0.3) is 0 Å². The van der Waals surface area contributed by atoms with Crippen molar-refractivity contribution < 1.29 is 9.66 Å². The van der Waals surface area contributed by atoms with Crippen molar-refractivity contribution in [3.8, 4) is 17.6 Å². The average Bonchev–Trinajstić information content (AvgIpc) is 2.41. The van der Waals surface area contributed by atoms with Crippen molar-refractivity contribution >= 4 is 21.6 Å². The fraction of sp³-hybridized carbons (Fsp3) is 0.0714. The minimum absolute atomic E-state index is 0.0176. The minimum Gasteiger partial charge on any atom is -0.455 e. The molecule has 100 valence electrons. The van der Waals surface area contributed by atoms with Crippen LogP contribution in [0.3, 0.4) is 0 Å². The van der Waals surface area contributed by atoms with Gasteiger partial charge in [0.2, 0.25) is 0 Å². The van der Waals surface area contributed by atoms with Gasteiger partial charge in [0.15, 0.2) is 0 Å². The maximum atomic E-state index is 10.9. The van der Waals surface area contributed by atoms with Crippen molar-refractivity contribution in [2.75, 3.05) is 0 Å². The molecule has 5 nitrogen and oxygen atoms in total. The van der Waals surface area contributed by atoms with Gasteiger partial charge >= 0.3 is 0 Å². The van der Waals surface area contributed by atoms with Gasteiger partial charge < -0.3 is 4.74 Å². The molecule has 0 spiro atoms. The molecule has 0 amide bonds. The number of nitrogens with zero attached hydrogens (tertiary/aromatic N) is 2. The molecule has 0 atom stereocenters. The summed E-state index contributed by atoms with van der Waals surface area (Å²) in [5, 5.41) is 19.9. The molecular weight excluding hydrogens is 324 g/mol. The molecular formula is C14H9BrN2O3. The predicted octanol–water partition coefficient (Wildman–Crippen LogP) is 4.33. The van der Waals surface area contributed by atoms with Crippen LogP contribution in [-0.2, 0) is 0 Å². The molecule has 0 fully saturated rings. The molecule has 0 heterocycles. The first-order valence-corrected chi connectivity index (χ1v) is 6.43. The molecule has 0 aliphatic rings. The van der Waals surface area contributed by atoms with Gasteiger partial charge in [-0.15, -0.1) is 0 Å². The van der Waals surface area contributed by atoms with E-state index >= 15 is 0 Å². The van der Waals surface area contributed by atoms with Gasteiger partial charge in [-0.25, -0.2) is 0 Å². The SMILES string of the molecule is Cc1c(Oc2cc(Br)ccc2C#N)cccc1[N+](=O)[O-]. The average molecular weight is 333 g/mol. The smallest absolute Gasteiger partial charge is 0.276 e. The van der Waals surface area contributed by atoms with Crippen molar-refractivity contribution in [1.82, 2.24) is 0 Å². The second kappa shape index (κ2) is 5.72. The fourth-order valence-corrected chi connectivity index (χ4v) is 2.04. The Morgan fingerprint density at radius 3 is 2.70 bits per heavy atom. The first kappa shape index (κ1) is 14.0. The Morgan fingerprint density at radius 2 is 2.05 bits per heavy atom. The van der Waals surface area contributed by atoms with Crippen LogP contribution < -0.4 is 4.74 Å². The van der Waals surface area contributed by atoms with Gasteiger partial charge in [0.1, 0.15) is 17.6 Å². The van der Waals surface area contributed by atoms with Crippen LogP contribution in [0.4, 0.5) is 5.69 Å². The topological polar surface area (TPSA) is 76.2 Å². The summed E-state index contributed by atoms with van der Waals surface area (Å²) in [7, 11) is 0. The van der Waals surface area contributed by atoms with Gasteiger partial charge in [-0.2, -0.15) is 5.26 Å². The largest absolute Gasteiger partial charge is 0.455 e. The first-order chi connectivity index (χ1) is 9.52. The van der Waals surface area contributed by atoms with E-state index < -0.39 is 4.92 Å². The Balaban J connectivity index is 2.46. The lowest BCUT2D eigenvalue weighted by molar-refractivity contribution is -0.385. The number of ether oxygens (including phenoxy) is 1. The standard InChI is InChI=1S/C14H9BrN2O3/c1-9-12(17(18)19)3-2-4-13(9)20-14-7-11(15)6-5-10(14)8-16/h2-7H,1H3. The highest BCUT2D eigenvalue weighted by atomic mass is 79.9. The molecule has 0 aliphatic heterocycles. The maximum Gasteiger partial charge on any atom is 0.276 e. The number of nitro groups is 1. The maximum absolute atomic E-state index is 10.9. The lowest BCUT2D eigenvalue weighted by Gasteiger charge is -2.10. The quantitative estimate of drug-likeness (QED) is 0.619. The Bertz CT molecular complexity index is 723. The number of nitro benzene ring substituents is 1. The number of benzene rings is 2. The molecule has 0 aromatic heterocycles. The minimum atomic E-state index is -0.464. The van der Waals surface area contributed by atoms with E-state index in [1.807, 2.05) is 6.07 Å². The summed E-state index contributed by atoms with van der Waals surface area (Å²) in [6, 6.07) is 11.6. The van der Waals surface area contributed by atoms with Gasteiger partial charge in [-0.3, -0.25) is 10.1 Å². The molecule has 0 bridgehead atoms. The molecule has 2 rings (SSSR count). The van der Waals surface area contributed by atoms with E-state index in [9.17, 15) is 10.1 Å². The highest BCUT2D eigenvalue weighted by molar-refractivity contribution is 9.10. The normalized spacial score (nSPS) is 9.85. The third-order valence-corrected chi connectivity index (χ3v) is 3.23. The summed E-state index contributed by atoms with van der Waals surface area (Å²) < 4.78 is 6.40. The van der Waals surface area contributed by atoms with E-state index in [1.165, 1.54) is 6.07 Å². The highest BCUT2D eigenvalue weighted by Gasteiger charge is 2.15. The van der Waals surface area contributed by atoms with Gasteiger partial charge in [0.25, 0.3) is 5.69 Å². The van der Waals surface area contributed by atoms with Crippen LogP contribution in [0.1, 0.15) is 11.1 Å². The lowest BCUT2D eigenvalue weighted by Crippen LogP contribution is -1.95. The number of rotatable bonds is 3. The number of nitriles is 1. The fourth-order valence-electron chi connectivity index (χ4n) is 1.70. The van der Waals surface area contributed by atoms with Gasteiger partial charge in [-0.1, -0.05) is 22.0 Å². The van der Waals surface area contributed by atoms with E-state index in [4.69, 9.17) is 10.00 Å². The first-order valence-electron chi connectivity index (χ1n) is 5.64. The van der Waals surface area contributed by atoms with E-state index in [2.05, 4.69) is 15.9 Å². The molecule has 20 heavy (non-hydrogen) atoms. The van der Waals surface area contributed by atoms with Gasteiger partial charge in [0, 0.05) is 10.5 Å². The van der Waals surface area contributed by atoms with Crippen LogP contribution in [0, 0.1) is 28.4 Å². The van der Waals surface area contributed by atoms with Crippen LogP contribution >= 0.6 is 15.9 Å². The molecule has 6 heteroatoms. The van der Waals surface area contributed by atoms with Crippen molar-refractivity contribution in [2.24, 2.45) is 0 Å². The van der Waals surface area contributed by atoms with E-state index in [1.54, 1.807) is 37.3 Å². The third-order valence-electron chi connectivity index (χ3n) is 2.74. The molecule has 2 aromatic carbocycles. The molecule has 0 saturated carbocycles. The Morgan fingerprint density at radius 1 is 1.30 bits per heavy atom. The van der Waals surface area contributed by atoms with Gasteiger partial charge in [0.05, 0.1) is 16.1 Å². The second-order valence-corrected chi connectivity index (χ2v) is 4.93. The zero-order chi connectivity index (χ0) is 14.7. The number of hydrogen-bond acceptors (Lipinski definition) is 4. The number of halogens is 1. The van der Waals surface area contributed by atoms with Crippen LogP contribution in [-0.4, -0.2) is 4.92 Å². The zero-order valence-electron chi connectivity index (χ0n) is 10.5. The second-order valence-electron chi connectivity index (χ2n) is 4.01. The third kappa shape index (κ3) is 2.78. The van der Waals surface area contributed by atoms with Crippen molar-refractivity contribution in [2.45, 2.75) is 6.92 Å². The van der Waals surface area contributed by atoms with Crippen LogP contribution in [0.15, 0.2) is 40.9 Å². The van der Waals surface area contributed by atoms with Crippen LogP contribution in [0.2, 0.25) is 0 Å². The summed E-state index contributed by atoms with van der Waals surface area (Å²) in [4.78, 5) is 10.4. The molecule has 0 aliphatic carbocycles. The molecule has 0 unspecified atom stereocenters. The zero-order valence-corrected chi connectivity index (χ0v) is 12.0. The summed E-state index contributed by atoms with van der Waals surface area (Å²) in [5.74, 6) is 0.708. The summed E-state index contributed by atoms with van der Waals surface area (Å²) in [5.41, 5.74) is 0.761. The highest BCUT2D eigenvalue weighted by Crippen LogP contribution is 2.33. The molecule has 0 N–H and O–H groups in total. The van der Waals surface area contributed by atoms with Crippen molar-refractivity contribution in [3.63, 3.8) is 0 Å². The van der Waals surface area contributed by atoms with Crippen molar-refractivity contribution in [3.05, 3.63) is 62.1 Å². The Kier molecular flexibility index (Phi) is 4.01. The van der Waals surface area contributed by atoms with E-state index in [-0.39, 0.29) is 5.69 Å². The summed E-state index contributed by atoms with van der Waals surface area (Å²) >= 11 is 3.30. The summed E-state index contributed by atoms with van der Waals surface area (Å²) in [6.45, 7) is 1.61. The van der Waals surface area contributed by atoms with Crippen molar-refractivity contribution in [1.29, 1.82) is 5.26 Å². The monoisotopic (exact) mass is 332 g/mol.